The molecule has 13 heterocycles. The van der Waals surface area contributed by atoms with Gasteiger partial charge in [0.15, 0.2) is 0 Å². The summed E-state index contributed by atoms with van der Waals surface area (Å²) >= 11 is 0. The van der Waals surface area contributed by atoms with Gasteiger partial charge in [0, 0.05) is 152 Å². The lowest BCUT2D eigenvalue weighted by Gasteiger charge is -2.31. The van der Waals surface area contributed by atoms with Crippen molar-refractivity contribution in [3.8, 4) is 78.5 Å². The van der Waals surface area contributed by atoms with E-state index in [4.69, 9.17) is 9.97 Å². The lowest BCUT2D eigenvalue weighted by atomic mass is 10.1. The number of benzene rings is 3. The minimum atomic E-state index is -2.19. The quantitative estimate of drug-likeness (QED) is 0.0839. The van der Waals surface area contributed by atoms with Gasteiger partial charge in [-0.15, -0.1) is 0 Å². The highest BCUT2D eigenvalue weighted by atomic mass is 28.3. The van der Waals surface area contributed by atoms with E-state index in [1.165, 1.54) is 74.5 Å². The minimum absolute atomic E-state index is 0.971. The number of rotatable bonds is 16. The second-order valence-corrected chi connectivity index (χ2v) is 44.3. The molecular weight excluding hydrogens is 1380 g/mol. The summed E-state index contributed by atoms with van der Waals surface area (Å²) in [6.45, 7) is 16.5. The Morgan fingerprint density at radius 2 is 0.495 bits per heavy atom. The van der Waals surface area contributed by atoms with Crippen LogP contribution in [0, 0.1) is 0 Å². The van der Waals surface area contributed by atoms with Crippen LogP contribution in [0.1, 0.15) is 0 Å². The van der Waals surface area contributed by atoms with Crippen molar-refractivity contribution in [3.05, 3.63) is 367 Å². The van der Waals surface area contributed by atoms with E-state index < -0.39 is 32.3 Å². The molecule has 0 radical (unpaired) electrons. The largest absolute Gasteiger partial charge is 0.265 e. The summed E-state index contributed by atoms with van der Waals surface area (Å²) in [5.74, 6) is 0. The molecule has 13 nitrogen and oxygen atoms in total. The molecular formula is C90H81N13Si4. The molecule has 3 aromatic carbocycles. The lowest BCUT2D eigenvalue weighted by Crippen LogP contribution is -2.65. The first-order valence-electron chi connectivity index (χ1n) is 35.6. The van der Waals surface area contributed by atoms with Gasteiger partial charge in [-0.1, -0.05) is 161 Å². The summed E-state index contributed by atoms with van der Waals surface area (Å²) in [6, 6.07) is 81.5. The van der Waals surface area contributed by atoms with Crippen LogP contribution in [0.4, 0.5) is 0 Å². The van der Waals surface area contributed by atoms with Crippen LogP contribution in [0.3, 0.4) is 0 Å². The Bertz CT molecular complexity index is 4810. The van der Waals surface area contributed by atoms with E-state index in [1.54, 1.807) is 12.4 Å². The first-order valence-corrected chi connectivity index (χ1v) is 47.1. The molecule has 0 saturated carbocycles. The monoisotopic (exact) mass is 1460 g/mol. The molecule has 0 aliphatic carbocycles. The van der Waals surface area contributed by atoms with Crippen molar-refractivity contribution in [1.29, 1.82) is 0 Å². The van der Waals surface area contributed by atoms with Crippen molar-refractivity contribution < 1.29 is 0 Å². The smallest absolute Gasteiger partial charge is 0.148 e. The van der Waals surface area contributed by atoms with E-state index in [-0.39, 0.29) is 0 Å². The Balaban J connectivity index is 0.000000126. The number of hydrogen-bond acceptors (Lipinski definition) is 13. The predicted molar refractivity (Wildman–Crippen MR) is 448 cm³/mol. The van der Waals surface area contributed by atoms with Gasteiger partial charge in [0.05, 0.1) is 28.5 Å². The molecule has 16 aromatic rings. The van der Waals surface area contributed by atoms with Crippen LogP contribution in [0.5, 0.6) is 0 Å². The van der Waals surface area contributed by atoms with Crippen molar-refractivity contribution in [2.45, 2.75) is 45.8 Å². The number of nitrogens with zero attached hydrogens (tertiary/aromatic N) is 13. The Morgan fingerprint density at radius 1 is 0.187 bits per heavy atom. The molecule has 17 heteroatoms. The molecule has 0 N–H and O–H groups in total. The van der Waals surface area contributed by atoms with Gasteiger partial charge in [0.1, 0.15) is 32.3 Å². The number of pyridine rings is 13. The van der Waals surface area contributed by atoms with Crippen molar-refractivity contribution in [2.24, 2.45) is 0 Å². The Labute approximate surface area is 630 Å². The molecule has 107 heavy (non-hydrogen) atoms. The third-order valence-corrected chi connectivity index (χ3v) is 34.8. The van der Waals surface area contributed by atoms with Crippen LogP contribution < -0.4 is 46.7 Å². The SMILES string of the molecule is C[Si](C)(c1cccnc1-c1cccnc1)c1cccnc1-c1cccnc1.C[Si](C)(c1cnccc1-c1ccccn1)c1cnccc1-c1ccccn1.C[Si](C)(c1cnccc1-c1ccncc1)c1ccccc1-c1ccccn1.C[Si](c1ccccc1)(c1ccccc1)c1cnccc1-c1ccncc1. The van der Waals surface area contributed by atoms with Crippen LogP contribution in [0.15, 0.2) is 367 Å². The molecule has 0 amide bonds. The highest BCUT2D eigenvalue weighted by molar-refractivity contribution is 7.11. The maximum Gasteiger partial charge on any atom is 0.148 e. The fourth-order valence-corrected chi connectivity index (χ4v) is 26.6. The minimum Gasteiger partial charge on any atom is -0.265 e. The normalized spacial score (nSPS) is 11.3. The van der Waals surface area contributed by atoms with Crippen LogP contribution >= 0.6 is 0 Å². The van der Waals surface area contributed by atoms with Crippen molar-refractivity contribution in [1.82, 2.24) is 64.8 Å². The van der Waals surface area contributed by atoms with E-state index in [2.05, 4.69) is 271 Å². The summed E-state index contributed by atoms with van der Waals surface area (Å²) in [5.41, 5.74) is 15.4. The average molecular weight is 1460 g/mol. The molecule has 0 unspecified atom stereocenters. The highest BCUT2D eigenvalue weighted by Crippen LogP contribution is 2.27. The zero-order valence-corrected chi connectivity index (χ0v) is 65.0. The van der Waals surface area contributed by atoms with Crippen molar-refractivity contribution in [2.75, 3.05) is 0 Å². The average Bonchev–Trinajstić information content (AvgIpc) is 0.770. The summed E-state index contributed by atoms with van der Waals surface area (Å²) in [6.07, 6.45) is 39.4. The molecule has 0 saturated heterocycles. The summed E-state index contributed by atoms with van der Waals surface area (Å²) in [4.78, 5) is 57.9. The van der Waals surface area contributed by atoms with E-state index in [9.17, 15) is 0 Å². The van der Waals surface area contributed by atoms with Gasteiger partial charge in [-0.25, -0.2) is 0 Å². The van der Waals surface area contributed by atoms with Gasteiger partial charge in [-0.05, 0) is 196 Å². The first-order chi connectivity index (χ1) is 52.3. The Morgan fingerprint density at radius 3 is 0.907 bits per heavy atom. The van der Waals surface area contributed by atoms with Gasteiger partial charge in [-0.2, -0.15) is 0 Å². The van der Waals surface area contributed by atoms with E-state index in [0.717, 1.165) is 50.7 Å². The molecule has 0 fully saturated rings. The highest BCUT2D eigenvalue weighted by Gasteiger charge is 2.38. The van der Waals surface area contributed by atoms with E-state index in [0.29, 0.717) is 0 Å². The molecule has 16 rings (SSSR count). The third-order valence-electron chi connectivity index (χ3n) is 19.8. The number of hydrogen-bond donors (Lipinski definition) is 0. The van der Waals surface area contributed by atoms with Gasteiger partial charge in [0.2, 0.25) is 0 Å². The van der Waals surface area contributed by atoms with E-state index in [1.807, 2.05) is 184 Å². The maximum absolute atomic E-state index is 4.71. The van der Waals surface area contributed by atoms with Gasteiger partial charge in [-0.3, -0.25) is 64.8 Å². The molecule has 13 aromatic heterocycles. The Hall–Kier alpha value is -12.5. The summed E-state index contributed by atoms with van der Waals surface area (Å²) in [7, 11) is -8.43. The zero-order chi connectivity index (χ0) is 73.9. The molecule has 0 spiro atoms. The maximum atomic E-state index is 4.71. The fraction of sp³-hybridized carbons (Fsp3) is 0.0778. The molecule has 522 valence electrons. The summed E-state index contributed by atoms with van der Waals surface area (Å²) < 4.78 is 0. The second-order valence-electron chi connectivity index (χ2n) is 27.4. The van der Waals surface area contributed by atoms with Gasteiger partial charge in [0.25, 0.3) is 0 Å². The molecule has 0 bridgehead atoms. The Kier molecular flexibility index (Phi) is 23.1. The van der Waals surface area contributed by atoms with Gasteiger partial charge < -0.3 is 0 Å². The van der Waals surface area contributed by atoms with Crippen LogP contribution in [0.25, 0.3) is 78.5 Å². The number of aromatic nitrogens is 13. The first kappa shape index (κ1) is 72.8. The zero-order valence-electron chi connectivity index (χ0n) is 61.0. The third kappa shape index (κ3) is 16.4. The van der Waals surface area contributed by atoms with E-state index >= 15 is 0 Å². The molecule has 0 atom stereocenters. The molecule has 0 aliphatic rings. The van der Waals surface area contributed by atoms with Crippen LogP contribution in [-0.2, 0) is 0 Å². The summed E-state index contributed by atoms with van der Waals surface area (Å²) in [5, 5.41) is 11.8. The topological polar surface area (TPSA) is 168 Å². The predicted octanol–water partition coefficient (Wildman–Crippen LogP) is 14.1. The lowest BCUT2D eigenvalue weighted by molar-refractivity contribution is 1.28. The van der Waals surface area contributed by atoms with Crippen molar-refractivity contribution in [3.63, 3.8) is 0 Å². The van der Waals surface area contributed by atoms with Crippen molar-refractivity contribution >= 4 is 79.0 Å². The molecule has 0 aliphatic heterocycles. The van der Waals surface area contributed by atoms with Crippen LogP contribution in [-0.4, -0.2) is 97.1 Å². The standard InChI is InChI=1S/C23H21N3Si.C23H20N2Si.2C22H20N4Si/c1-27(2,22-9-4-3-7-20(22)21-8-5-6-13-26-21)23-17-25-16-12-19(23)18-10-14-24-15-11-18;1-26(20-8-4-2-5-9-20,21-10-6-3-7-11-21)23-18-25-17-14-22(23)19-12-15-24-16-13-19;1-27(2,19-9-5-13-25-21(19)17-7-3-11-23-15-17)20-10-6-14-26-22(20)18-8-4-12-24-16-18;1-27(2,21-15-23-13-9-17(21)19-7-3-5-11-25-19)22-16-24-14-10-18(22)20-8-4-6-12-26-20/h3-17H,1-2H3;2-18H,1H3;2*3-16H,1-2H3. The fourth-order valence-electron chi connectivity index (χ4n) is 14.0. The van der Waals surface area contributed by atoms with Crippen LogP contribution in [0.2, 0.25) is 45.8 Å². The van der Waals surface area contributed by atoms with Gasteiger partial charge >= 0.3 is 0 Å². The second kappa shape index (κ2) is 33.9.